The maximum Gasteiger partial charge on any atom is 0.308 e. The molecule has 1 unspecified atom stereocenters. The van der Waals surface area contributed by atoms with E-state index in [1.807, 2.05) is 26.0 Å². The number of benzene rings is 2. The summed E-state index contributed by atoms with van der Waals surface area (Å²) in [6.45, 7) is 7.32. The second-order valence-corrected chi connectivity index (χ2v) is 6.26. The first-order valence-electron chi connectivity index (χ1n) is 9.60. The van der Waals surface area contributed by atoms with Gasteiger partial charge in [0.05, 0.1) is 13.2 Å². The van der Waals surface area contributed by atoms with Crippen LogP contribution < -0.4 is 18.9 Å². The summed E-state index contributed by atoms with van der Waals surface area (Å²) < 4.78 is 21.4. The lowest BCUT2D eigenvalue weighted by atomic mass is 10.1. The van der Waals surface area contributed by atoms with Crippen LogP contribution in [0, 0.1) is 0 Å². The Labute approximate surface area is 175 Å². The van der Waals surface area contributed by atoms with Crippen LogP contribution in [0.2, 0.25) is 0 Å². The molecule has 0 aliphatic heterocycles. The molecule has 0 spiro atoms. The number of hydrogen-bond acceptors (Lipinski definition) is 7. The Morgan fingerprint density at radius 2 is 1.53 bits per heavy atom. The van der Waals surface area contributed by atoms with Gasteiger partial charge in [0, 0.05) is 37.1 Å². The molecule has 0 aromatic heterocycles. The highest BCUT2D eigenvalue weighted by molar-refractivity contribution is 5.72. The van der Waals surface area contributed by atoms with E-state index in [2.05, 4.69) is 0 Å². The number of ether oxygens (including phenoxy) is 4. The lowest BCUT2D eigenvalue weighted by Crippen LogP contribution is -2.07. The molecule has 0 bridgehead atoms. The van der Waals surface area contributed by atoms with Crippen molar-refractivity contribution in [3.63, 3.8) is 0 Å². The van der Waals surface area contributed by atoms with Crippen LogP contribution in [0.3, 0.4) is 0 Å². The Morgan fingerprint density at radius 3 is 2.17 bits per heavy atom. The Kier molecular flexibility index (Phi) is 8.43. The van der Waals surface area contributed by atoms with Crippen LogP contribution in [-0.4, -0.2) is 30.3 Å². The molecule has 160 valence electrons. The highest BCUT2D eigenvalue weighted by atomic mass is 16.5. The third kappa shape index (κ3) is 6.63. The van der Waals surface area contributed by atoms with Crippen LogP contribution in [0.25, 0.3) is 6.08 Å². The summed E-state index contributed by atoms with van der Waals surface area (Å²) in [6, 6.07) is 9.87. The van der Waals surface area contributed by atoms with Crippen molar-refractivity contribution >= 4 is 18.0 Å². The average Bonchev–Trinajstić information content (AvgIpc) is 2.67. The number of carbonyl (C=O) groups is 2. The zero-order valence-electron chi connectivity index (χ0n) is 17.5. The zero-order chi connectivity index (χ0) is 22.1. The van der Waals surface area contributed by atoms with E-state index in [9.17, 15) is 14.7 Å². The number of esters is 2. The first kappa shape index (κ1) is 23.0. The molecule has 2 rings (SSSR count). The van der Waals surface area contributed by atoms with Crippen LogP contribution >= 0.6 is 0 Å². The summed E-state index contributed by atoms with van der Waals surface area (Å²) in [5.41, 5.74) is 1.10. The minimum atomic E-state index is -1.08. The summed E-state index contributed by atoms with van der Waals surface area (Å²) in [5.74, 6) is 0.571. The van der Waals surface area contributed by atoms with Crippen LogP contribution in [0.1, 0.15) is 44.9 Å². The quantitative estimate of drug-likeness (QED) is 0.488. The maximum atomic E-state index is 11.4. The fourth-order valence-electron chi connectivity index (χ4n) is 2.72. The topological polar surface area (TPSA) is 91.3 Å². The molecule has 0 heterocycles. The summed E-state index contributed by atoms with van der Waals surface area (Å²) in [6.07, 6.45) is 2.18. The van der Waals surface area contributed by atoms with Gasteiger partial charge in [-0.25, -0.2) is 0 Å². The summed E-state index contributed by atoms with van der Waals surface area (Å²) in [5, 5.41) is 10.7. The van der Waals surface area contributed by atoms with Gasteiger partial charge < -0.3 is 24.1 Å². The summed E-state index contributed by atoms with van der Waals surface area (Å²) >= 11 is 0. The average molecular weight is 414 g/mol. The van der Waals surface area contributed by atoms with Crippen molar-refractivity contribution in [1.82, 2.24) is 0 Å². The van der Waals surface area contributed by atoms with Gasteiger partial charge in [-0.05, 0) is 38.1 Å². The molecular formula is C23H26O7. The monoisotopic (exact) mass is 414 g/mol. The van der Waals surface area contributed by atoms with Crippen LogP contribution in [0.5, 0.6) is 23.0 Å². The molecule has 0 fully saturated rings. The summed E-state index contributed by atoms with van der Waals surface area (Å²) in [7, 11) is 0. The standard InChI is InChI=1S/C23H26O7/c1-5-27-18-9-7-17(22(13-18)28-6-2)8-12-21(26)20-11-10-19(29-15(3)24)14-23(20)30-16(4)25/h7-14,21,26H,5-6H2,1-4H3. The lowest BCUT2D eigenvalue weighted by molar-refractivity contribution is -0.132. The van der Waals surface area contributed by atoms with E-state index in [-0.39, 0.29) is 11.5 Å². The van der Waals surface area contributed by atoms with Gasteiger partial charge in [0.1, 0.15) is 29.1 Å². The molecule has 7 nitrogen and oxygen atoms in total. The Hall–Kier alpha value is -3.32. The predicted octanol–water partition coefficient (Wildman–Crippen LogP) is 4.08. The van der Waals surface area contributed by atoms with E-state index < -0.39 is 18.0 Å². The third-order valence-corrected chi connectivity index (χ3v) is 3.87. The van der Waals surface area contributed by atoms with Crippen molar-refractivity contribution < 1.29 is 33.6 Å². The number of aliphatic hydroxyl groups is 1. The van der Waals surface area contributed by atoms with Gasteiger partial charge in [0.25, 0.3) is 0 Å². The molecule has 0 aliphatic carbocycles. The second-order valence-electron chi connectivity index (χ2n) is 6.26. The van der Waals surface area contributed by atoms with E-state index in [1.54, 1.807) is 18.2 Å². The van der Waals surface area contributed by atoms with Gasteiger partial charge in [-0.2, -0.15) is 0 Å². The second kappa shape index (κ2) is 11.0. The molecule has 1 N–H and O–H groups in total. The van der Waals surface area contributed by atoms with Crippen LogP contribution in [-0.2, 0) is 9.59 Å². The van der Waals surface area contributed by atoms with E-state index in [1.165, 1.54) is 32.0 Å². The molecule has 0 radical (unpaired) electrons. The number of hydrogen-bond donors (Lipinski definition) is 1. The molecule has 0 amide bonds. The van der Waals surface area contributed by atoms with Crippen LogP contribution in [0.4, 0.5) is 0 Å². The minimum absolute atomic E-state index is 0.107. The van der Waals surface area contributed by atoms with Crippen molar-refractivity contribution in [2.24, 2.45) is 0 Å². The Morgan fingerprint density at radius 1 is 0.900 bits per heavy atom. The molecule has 0 aliphatic rings. The van der Waals surface area contributed by atoms with Gasteiger partial charge in [-0.15, -0.1) is 0 Å². The first-order chi connectivity index (χ1) is 14.3. The number of carbonyl (C=O) groups excluding carboxylic acids is 2. The van der Waals surface area contributed by atoms with Gasteiger partial charge in [0.2, 0.25) is 0 Å². The number of rotatable bonds is 9. The van der Waals surface area contributed by atoms with Gasteiger partial charge >= 0.3 is 11.9 Å². The van der Waals surface area contributed by atoms with Crippen molar-refractivity contribution in [3.05, 3.63) is 53.6 Å². The van der Waals surface area contributed by atoms with Crippen molar-refractivity contribution in [3.8, 4) is 23.0 Å². The fraction of sp³-hybridized carbons (Fsp3) is 0.304. The highest BCUT2D eigenvalue weighted by Gasteiger charge is 2.15. The fourth-order valence-corrected chi connectivity index (χ4v) is 2.72. The largest absolute Gasteiger partial charge is 0.494 e. The Balaban J connectivity index is 2.31. The molecule has 2 aromatic rings. The highest BCUT2D eigenvalue weighted by Crippen LogP contribution is 2.32. The summed E-state index contributed by atoms with van der Waals surface area (Å²) in [4.78, 5) is 22.6. The third-order valence-electron chi connectivity index (χ3n) is 3.87. The maximum absolute atomic E-state index is 11.4. The lowest BCUT2D eigenvalue weighted by Gasteiger charge is -2.14. The molecular weight excluding hydrogens is 388 g/mol. The van der Waals surface area contributed by atoms with Crippen LogP contribution in [0.15, 0.2) is 42.5 Å². The zero-order valence-corrected chi connectivity index (χ0v) is 17.5. The van der Waals surface area contributed by atoms with Crippen molar-refractivity contribution in [1.29, 1.82) is 0 Å². The Bertz CT molecular complexity index is 918. The van der Waals surface area contributed by atoms with E-state index in [0.717, 1.165) is 5.56 Å². The normalized spacial score (nSPS) is 11.8. The molecule has 0 saturated carbocycles. The molecule has 2 aromatic carbocycles. The van der Waals surface area contributed by atoms with Gasteiger partial charge in [0.15, 0.2) is 0 Å². The first-order valence-corrected chi connectivity index (χ1v) is 9.60. The molecule has 30 heavy (non-hydrogen) atoms. The van der Waals surface area contributed by atoms with Gasteiger partial charge in [-0.1, -0.05) is 12.2 Å². The predicted molar refractivity (Wildman–Crippen MR) is 112 cm³/mol. The van der Waals surface area contributed by atoms with Crippen molar-refractivity contribution in [2.75, 3.05) is 13.2 Å². The molecule has 7 heteroatoms. The van der Waals surface area contributed by atoms with E-state index in [4.69, 9.17) is 18.9 Å². The van der Waals surface area contributed by atoms with E-state index in [0.29, 0.717) is 30.3 Å². The SMILES string of the molecule is CCOc1ccc(C=CC(O)c2ccc(OC(C)=O)cc2OC(C)=O)c(OCC)c1. The van der Waals surface area contributed by atoms with Crippen molar-refractivity contribution in [2.45, 2.75) is 33.8 Å². The number of aliphatic hydroxyl groups excluding tert-OH is 1. The molecule has 1 atom stereocenters. The minimum Gasteiger partial charge on any atom is -0.494 e. The van der Waals surface area contributed by atoms with E-state index >= 15 is 0 Å². The van der Waals surface area contributed by atoms with Gasteiger partial charge in [-0.3, -0.25) is 9.59 Å². The molecule has 0 saturated heterocycles. The smallest absolute Gasteiger partial charge is 0.308 e.